The monoisotopic (exact) mass is 280 g/mol. The van der Waals surface area contributed by atoms with Crippen LogP contribution < -0.4 is 5.43 Å². The SMILES string of the molecule is C=C/C=C\c1c(C=C)oc2cc(C(C)(C)C)ccc2c1=O. The summed E-state index contributed by atoms with van der Waals surface area (Å²) >= 11 is 0. The van der Waals surface area contributed by atoms with Crippen LogP contribution in [-0.2, 0) is 5.41 Å². The van der Waals surface area contributed by atoms with E-state index in [9.17, 15) is 4.79 Å². The number of fused-ring (bicyclic) bond motifs is 1. The highest BCUT2D eigenvalue weighted by Gasteiger charge is 2.16. The van der Waals surface area contributed by atoms with Crippen molar-refractivity contribution in [3.8, 4) is 0 Å². The molecule has 0 aliphatic heterocycles. The summed E-state index contributed by atoms with van der Waals surface area (Å²) in [6, 6.07) is 5.75. The van der Waals surface area contributed by atoms with Crippen molar-refractivity contribution in [2.24, 2.45) is 0 Å². The van der Waals surface area contributed by atoms with Gasteiger partial charge in [0.15, 0.2) is 0 Å². The number of hydrogen-bond donors (Lipinski definition) is 0. The van der Waals surface area contributed by atoms with Gasteiger partial charge in [0, 0.05) is 0 Å². The summed E-state index contributed by atoms with van der Waals surface area (Å²) < 4.78 is 5.85. The van der Waals surface area contributed by atoms with Gasteiger partial charge in [-0.2, -0.15) is 0 Å². The zero-order chi connectivity index (χ0) is 15.6. The summed E-state index contributed by atoms with van der Waals surface area (Å²) in [6.45, 7) is 13.7. The average molecular weight is 280 g/mol. The van der Waals surface area contributed by atoms with Crippen LogP contribution in [0.1, 0.15) is 37.7 Å². The van der Waals surface area contributed by atoms with E-state index in [2.05, 4.69) is 33.9 Å². The molecule has 1 aromatic heterocycles. The normalized spacial score (nSPS) is 12.0. The number of hydrogen-bond acceptors (Lipinski definition) is 2. The van der Waals surface area contributed by atoms with Gasteiger partial charge in [-0.05, 0) is 35.3 Å². The maximum absolute atomic E-state index is 12.6. The van der Waals surface area contributed by atoms with Crippen LogP contribution in [0.4, 0.5) is 0 Å². The molecular weight excluding hydrogens is 260 g/mol. The van der Waals surface area contributed by atoms with Gasteiger partial charge in [0.2, 0.25) is 5.43 Å². The average Bonchev–Trinajstić information content (AvgIpc) is 2.44. The molecule has 0 saturated carbocycles. The first-order valence-electron chi connectivity index (χ1n) is 6.91. The third kappa shape index (κ3) is 2.89. The lowest BCUT2D eigenvalue weighted by Gasteiger charge is -2.19. The number of allylic oxidation sites excluding steroid dienone is 2. The molecule has 0 spiro atoms. The van der Waals surface area contributed by atoms with Gasteiger partial charge >= 0.3 is 0 Å². The van der Waals surface area contributed by atoms with E-state index in [4.69, 9.17) is 4.42 Å². The van der Waals surface area contributed by atoms with Gasteiger partial charge in [-0.15, -0.1) is 0 Å². The second kappa shape index (κ2) is 5.57. The minimum Gasteiger partial charge on any atom is -0.456 e. The van der Waals surface area contributed by atoms with E-state index in [1.807, 2.05) is 18.2 Å². The van der Waals surface area contributed by atoms with Crippen LogP contribution in [0.3, 0.4) is 0 Å². The summed E-state index contributed by atoms with van der Waals surface area (Å²) in [7, 11) is 0. The lowest BCUT2D eigenvalue weighted by atomic mass is 9.86. The Labute approximate surface area is 125 Å². The van der Waals surface area contributed by atoms with E-state index in [1.54, 1.807) is 24.3 Å². The zero-order valence-corrected chi connectivity index (χ0v) is 12.8. The van der Waals surface area contributed by atoms with Crippen LogP contribution in [0.25, 0.3) is 23.1 Å². The molecule has 2 rings (SSSR count). The molecule has 21 heavy (non-hydrogen) atoms. The molecule has 0 amide bonds. The Morgan fingerprint density at radius 2 is 1.90 bits per heavy atom. The third-order valence-corrected chi connectivity index (χ3v) is 3.41. The van der Waals surface area contributed by atoms with Crippen LogP contribution >= 0.6 is 0 Å². The van der Waals surface area contributed by atoms with Crippen LogP contribution in [0.15, 0.2) is 52.7 Å². The van der Waals surface area contributed by atoms with Gasteiger partial charge in [0.1, 0.15) is 11.3 Å². The molecule has 0 N–H and O–H groups in total. The highest BCUT2D eigenvalue weighted by atomic mass is 16.3. The fourth-order valence-electron chi connectivity index (χ4n) is 2.17. The molecule has 0 atom stereocenters. The minimum atomic E-state index is -0.0512. The lowest BCUT2D eigenvalue weighted by Crippen LogP contribution is -2.12. The molecule has 1 aromatic carbocycles. The summed E-state index contributed by atoms with van der Waals surface area (Å²) in [6.07, 6.45) is 6.61. The molecule has 1 heterocycles. The first-order chi connectivity index (χ1) is 9.88. The molecule has 0 aliphatic carbocycles. The first-order valence-corrected chi connectivity index (χ1v) is 6.91. The van der Waals surface area contributed by atoms with Crippen molar-refractivity contribution >= 4 is 23.1 Å². The minimum absolute atomic E-state index is 0.00249. The van der Waals surface area contributed by atoms with Crippen LogP contribution in [0, 0.1) is 0 Å². The quantitative estimate of drug-likeness (QED) is 0.746. The van der Waals surface area contributed by atoms with Crippen LogP contribution in [0.5, 0.6) is 0 Å². The molecule has 0 radical (unpaired) electrons. The van der Waals surface area contributed by atoms with Crippen LogP contribution in [0.2, 0.25) is 0 Å². The maximum Gasteiger partial charge on any atom is 0.200 e. The van der Waals surface area contributed by atoms with E-state index in [0.717, 1.165) is 5.56 Å². The second-order valence-electron chi connectivity index (χ2n) is 5.97. The van der Waals surface area contributed by atoms with Crippen molar-refractivity contribution < 1.29 is 4.42 Å². The molecule has 2 heteroatoms. The smallest absolute Gasteiger partial charge is 0.200 e. The Morgan fingerprint density at radius 3 is 2.48 bits per heavy atom. The van der Waals surface area contributed by atoms with Gasteiger partial charge in [-0.3, -0.25) is 4.79 Å². The molecule has 0 aliphatic rings. The number of benzene rings is 1. The molecule has 2 aromatic rings. The molecular formula is C19H20O2. The topological polar surface area (TPSA) is 30.2 Å². The largest absolute Gasteiger partial charge is 0.456 e. The van der Waals surface area contributed by atoms with E-state index in [0.29, 0.717) is 22.3 Å². The van der Waals surface area contributed by atoms with Gasteiger partial charge in [0.25, 0.3) is 0 Å². The first kappa shape index (κ1) is 15.0. The summed E-state index contributed by atoms with van der Waals surface area (Å²) in [5.74, 6) is 0.483. The lowest BCUT2D eigenvalue weighted by molar-refractivity contribution is 0.573. The maximum atomic E-state index is 12.6. The van der Waals surface area contributed by atoms with Crippen molar-refractivity contribution in [2.75, 3.05) is 0 Å². The standard InChI is InChI=1S/C19H20O2/c1-6-8-9-14-16(7-2)21-17-12-13(19(3,4)5)10-11-15(17)18(14)20/h6-12H,1-2H2,3-5H3/b9-8-. The molecule has 0 saturated heterocycles. The van der Waals surface area contributed by atoms with Crippen LogP contribution in [-0.4, -0.2) is 0 Å². The molecule has 0 unspecified atom stereocenters. The Bertz CT molecular complexity index is 784. The number of rotatable bonds is 3. The second-order valence-corrected chi connectivity index (χ2v) is 5.97. The van der Waals surface area contributed by atoms with Crippen molar-refractivity contribution in [3.05, 3.63) is 70.6 Å². The highest BCUT2D eigenvalue weighted by molar-refractivity contribution is 5.81. The van der Waals surface area contributed by atoms with Gasteiger partial charge in [0.05, 0.1) is 10.9 Å². The molecule has 108 valence electrons. The van der Waals surface area contributed by atoms with E-state index >= 15 is 0 Å². The Hall–Kier alpha value is -2.35. The van der Waals surface area contributed by atoms with Crippen molar-refractivity contribution in [2.45, 2.75) is 26.2 Å². The van der Waals surface area contributed by atoms with E-state index < -0.39 is 0 Å². The Balaban J connectivity index is 2.80. The summed E-state index contributed by atoms with van der Waals surface area (Å²) in [5, 5.41) is 0.581. The Morgan fingerprint density at radius 1 is 1.19 bits per heavy atom. The van der Waals surface area contributed by atoms with Crippen molar-refractivity contribution in [3.63, 3.8) is 0 Å². The van der Waals surface area contributed by atoms with Gasteiger partial charge < -0.3 is 4.42 Å². The van der Waals surface area contributed by atoms with E-state index in [1.165, 1.54) is 0 Å². The molecule has 0 bridgehead atoms. The fourth-order valence-corrected chi connectivity index (χ4v) is 2.17. The van der Waals surface area contributed by atoms with Gasteiger partial charge in [-0.1, -0.05) is 52.1 Å². The van der Waals surface area contributed by atoms with Crippen molar-refractivity contribution in [1.82, 2.24) is 0 Å². The molecule has 0 fully saturated rings. The summed E-state index contributed by atoms with van der Waals surface area (Å²) in [5.41, 5.74) is 2.17. The van der Waals surface area contributed by atoms with E-state index in [-0.39, 0.29) is 10.8 Å². The fraction of sp³-hybridized carbons (Fsp3) is 0.211. The predicted molar refractivity (Wildman–Crippen MR) is 90.5 cm³/mol. The molecule has 2 nitrogen and oxygen atoms in total. The third-order valence-electron chi connectivity index (χ3n) is 3.41. The zero-order valence-electron chi connectivity index (χ0n) is 12.8. The Kier molecular flexibility index (Phi) is 3.99. The summed E-state index contributed by atoms with van der Waals surface area (Å²) in [4.78, 5) is 12.6. The van der Waals surface area contributed by atoms with Crippen molar-refractivity contribution in [1.29, 1.82) is 0 Å². The van der Waals surface area contributed by atoms with Gasteiger partial charge in [-0.25, -0.2) is 0 Å². The highest BCUT2D eigenvalue weighted by Crippen LogP contribution is 2.26. The predicted octanol–water partition coefficient (Wildman–Crippen LogP) is 4.93.